The van der Waals surface area contributed by atoms with Crippen LogP contribution >= 0.6 is 0 Å². The fraction of sp³-hybridized carbons (Fsp3) is 0.0625. The molecule has 0 unspecified atom stereocenters. The molecule has 0 bridgehead atoms. The van der Waals surface area contributed by atoms with Crippen molar-refractivity contribution in [2.24, 2.45) is 5.10 Å². The minimum atomic E-state index is 0.332. The number of hydrogen-bond acceptors (Lipinski definition) is 8. The molecule has 8 nitrogen and oxygen atoms in total. The first-order valence-electron chi connectivity index (χ1n) is 7.28. The number of pyridine rings is 1. The third-order valence-electron chi connectivity index (χ3n) is 2.97. The second-order valence-corrected chi connectivity index (χ2v) is 4.70. The van der Waals surface area contributed by atoms with Gasteiger partial charge in [0.05, 0.1) is 6.21 Å². The molecule has 3 rings (SSSR count). The zero-order chi connectivity index (χ0) is 16.6. The Morgan fingerprint density at radius 2 is 1.58 bits per heavy atom. The minimum Gasteiger partial charge on any atom is -0.357 e. The highest BCUT2D eigenvalue weighted by Crippen LogP contribution is 2.15. The molecule has 24 heavy (non-hydrogen) atoms. The van der Waals surface area contributed by atoms with Gasteiger partial charge in [-0.3, -0.25) is 4.98 Å². The molecule has 8 heteroatoms. The van der Waals surface area contributed by atoms with E-state index in [0.717, 1.165) is 11.3 Å². The molecular formula is C16H16N8. The van der Waals surface area contributed by atoms with Gasteiger partial charge in [0.1, 0.15) is 0 Å². The van der Waals surface area contributed by atoms with E-state index in [1.165, 1.54) is 0 Å². The zero-order valence-corrected chi connectivity index (χ0v) is 13.0. The number of aromatic nitrogens is 4. The summed E-state index contributed by atoms with van der Waals surface area (Å²) in [7, 11) is 1.74. The summed E-state index contributed by atoms with van der Waals surface area (Å²) in [5.41, 5.74) is 4.61. The smallest absolute Gasteiger partial charge is 0.250 e. The van der Waals surface area contributed by atoms with Crippen LogP contribution in [0.2, 0.25) is 0 Å². The Morgan fingerprint density at radius 1 is 0.875 bits per heavy atom. The van der Waals surface area contributed by atoms with Gasteiger partial charge in [-0.15, -0.1) is 0 Å². The van der Waals surface area contributed by atoms with E-state index < -0.39 is 0 Å². The maximum absolute atomic E-state index is 4.30. The number of hydrogen-bond donors (Lipinski definition) is 3. The third kappa shape index (κ3) is 4.23. The van der Waals surface area contributed by atoms with Crippen molar-refractivity contribution in [3.05, 3.63) is 60.4 Å². The van der Waals surface area contributed by atoms with E-state index in [0.29, 0.717) is 17.8 Å². The molecule has 0 aliphatic heterocycles. The first-order valence-corrected chi connectivity index (χ1v) is 7.28. The van der Waals surface area contributed by atoms with Crippen LogP contribution in [0.25, 0.3) is 0 Å². The summed E-state index contributed by atoms with van der Waals surface area (Å²) in [5, 5.41) is 10.1. The van der Waals surface area contributed by atoms with Crippen molar-refractivity contribution in [2.75, 3.05) is 23.1 Å². The SMILES string of the molecule is CNc1nc(NN=Cc2ccncc2)nc(Nc2ccccc2)n1. The van der Waals surface area contributed by atoms with E-state index >= 15 is 0 Å². The monoisotopic (exact) mass is 320 g/mol. The lowest BCUT2D eigenvalue weighted by molar-refractivity contribution is 1.04. The fourth-order valence-corrected chi connectivity index (χ4v) is 1.86. The molecule has 0 aliphatic carbocycles. The molecule has 0 radical (unpaired) electrons. The summed E-state index contributed by atoms with van der Waals surface area (Å²) in [5.74, 6) is 1.19. The number of rotatable bonds is 6. The average Bonchev–Trinajstić information content (AvgIpc) is 2.63. The molecule has 1 aromatic carbocycles. The average molecular weight is 320 g/mol. The number of anilines is 4. The molecular weight excluding hydrogens is 304 g/mol. The molecule has 0 atom stereocenters. The molecule has 0 saturated heterocycles. The van der Waals surface area contributed by atoms with Gasteiger partial charge < -0.3 is 10.6 Å². The lowest BCUT2D eigenvalue weighted by atomic mass is 10.3. The van der Waals surface area contributed by atoms with Crippen LogP contribution in [-0.2, 0) is 0 Å². The molecule has 3 aromatic rings. The molecule has 0 fully saturated rings. The molecule has 120 valence electrons. The van der Waals surface area contributed by atoms with Gasteiger partial charge in [0.2, 0.25) is 17.8 Å². The Kier molecular flexibility index (Phi) is 4.88. The standard InChI is InChI=1S/C16H16N8/c1-17-14-21-15(20-13-5-3-2-4-6-13)23-16(22-14)24-19-11-12-7-9-18-10-8-12/h2-11H,1H3,(H3,17,20,21,22,23,24). The van der Waals surface area contributed by atoms with Gasteiger partial charge in [0.15, 0.2) is 0 Å². The predicted octanol–water partition coefficient (Wildman–Crippen LogP) is 2.50. The summed E-state index contributed by atoms with van der Waals surface area (Å²) in [6.45, 7) is 0. The third-order valence-corrected chi connectivity index (χ3v) is 2.97. The van der Waals surface area contributed by atoms with Gasteiger partial charge in [-0.05, 0) is 29.8 Å². The summed E-state index contributed by atoms with van der Waals surface area (Å²) in [4.78, 5) is 16.7. The molecule has 2 aromatic heterocycles. The van der Waals surface area contributed by atoms with Crippen molar-refractivity contribution in [3.8, 4) is 0 Å². The van der Waals surface area contributed by atoms with E-state index in [1.807, 2.05) is 42.5 Å². The lowest BCUT2D eigenvalue weighted by Gasteiger charge is -2.08. The molecule has 0 spiro atoms. The molecule has 3 N–H and O–H groups in total. The van der Waals surface area contributed by atoms with Crippen LogP contribution in [0, 0.1) is 0 Å². The van der Waals surface area contributed by atoms with Crippen molar-refractivity contribution >= 4 is 29.7 Å². The highest BCUT2D eigenvalue weighted by atomic mass is 15.4. The first-order chi connectivity index (χ1) is 11.8. The number of benzene rings is 1. The topological polar surface area (TPSA) is 100 Å². The van der Waals surface area contributed by atoms with E-state index in [4.69, 9.17) is 0 Å². The summed E-state index contributed by atoms with van der Waals surface area (Å²) < 4.78 is 0. The quantitative estimate of drug-likeness (QED) is 0.474. The molecule has 0 saturated carbocycles. The summed E-state index contributed by atoms with van der Waals surface area (Å²) in [6.07, 6.45) is 5.06. The van der Waals surface area contributed by atoms with Gasteiger partial charge in [-0.1, -0.05) is 18.2 Å². The van der Waals surface area contributed by atoms with Gasteiger partial charge in [0.25, 0.3) is 0 Å². The number of para-hydroxylation sites is 1. The van der Waals surface area contributed by atoms with Gasteiger partial charge in [-0.2, -0.15) is 20.1 Å². The van der Waals surface area contributed by atoms with Crippen LogP contribution in [0.5, 0.6) is 0 Å². The Bertz CT molecular complexity index is 805. The van der Waals surface area contributed by atoms with Crippen molar-refractivity contribution in [2.45, 2.75) is 0 Å². The largest absolute Gasteiger partial charge is 0.357 e. The fourth-order valence-electron chi connectivity index (χ4n) is 1.86. The number of nitrogens with one attached hydrogen (secondary N) is 3. The van der Waals surface area contributed by atoms with Crippen LogP contribution in [-0.4, -0.2) is 33.2 Å². The van der Waals surface area contributed by atoms with Gasteiger partial charge >= 0.3 is 0 Å². The first kappa shape index (κ1) is 15.3. The normalized spacial score (nSPS) is 10.5. The zero-order valence-electron chi connectivity index (χ0n) is 13.0. The van der Waals surface area contributed by atoms with Crippen molar-refractivity contribution < 1.29 is 0 Å². The van der Waals surface area contributed by atoms with Gasteiger partial charge in [-0.25, -0.2) is 5.43 Å². The van der Waals surface area contributed by atoms with Gasteiger partial charge in [0, 0.05) is 25.1 Å². The maximum atomic E-state index is 4.30. The van der Waals surface area contributed by atoms with Crippen LogP contribution in [0.4, 0.5) is 23.5 Å². The number of nitrogens with zero attached hydrogens (tertiary/aromatic N) is 5. The maximum Gasteiger partial charge on any atom is 0.250 e. The van der Waals surface area contributed by atoms with Crippen molar-refractivity contribution in [1.82, 2.24) is 19.9 Å². The second-order valence-electron chi connectivity index (χ2n) is 4.70. The van der Waals surface area contributed by atoms with Crippen LogP contribution < -0.4 is 16.1 Å². The Morgan fingerprint density at radius 3 is 2.33 bits per heavy atom. The lowest BCUT2D eigenvalue weighted by Crippen LogP contribution is -2.07. The van der Waals surface area contributed by atoms with Crippen LogP contribution in [0.15, 0.2) is 60.0 Å². The van der Waals surface area contributed by atoms with E-state index in [2.05, 4.69) is 41.1 Å². The second kappa shape index (κ2) is 7.63. The minimum absolute atomic E-state index is 0.332. The highest BCUT2D eigenvalue weighted by Gasteiger charge is 2.05. The predicted molar refractivity (Wildman–Crippen MR) is 94.6 cm³/mol. The molecule has 0 aliphatic rings. The van der Waals surface area contributed by atoms with Crippen molar-refractivity contribution in [3.63, 3.8) is 0 Å². The van der Waals surface area contributed by atoms with E-state index in [-0.39, 0.29) is 0 Å². The van der Waals surface area contributed by atoms with E-state index in [1.54, 1.807) is 25.7 Å². The summed E-state index contributed by atoms with van der Waals surface area (Å²) in [6, 6.07) is 13.4. The molecule has 2 heterocycles. The Hall–Kier alpha value is -3.55. The van der Waals surface area contributed by atoms with Crippen LogP contribution in [0.3, 0.4) is 0 Å². The number of hydrazone groups is 1. The van der Waals surface area contributed by atoms with Crippen LogP contribution in [0.1, 0.15) is 5.56 Å². The summed E-state index contributed by atoms with van der Waals surface area (Å²) >= 11 is 0. The Balaban J connectivity index is 1.75. The van der Waals surface area contributed by atoms with Crippen molar-refractivity contribution in [1.29, 1.82) is 0 Å². The molecule has 0 amide bonds. The highest BCUT2D eigenvalue weighted by molar-refractivity contribution is 5.79. The van der Waals surface area contributed by atoms with E-state index in [9.17, 15) is 0 Å². The Labute approximate surface area is 139 Å².